The standard InChI is InChI=1S/C19H26ClN3O3/c1-3-21-19(25)22-18(24)16-8-10-23(11-9-16)12-15-4-6-17(7-5-15)26-13-14(2)20/h4-7,16H,2-3,8-13H2,1H3,(H2,21,22,24,25). The van der Waals surface area contributed by atoms with Crippen molar-refractivity contribution >= 4 is 23.5 Å². The molecule has 142 valence electrons. The molecule has 26 heavy (non-hydrogen) atoms. The number of urea groups is 1. The maximum Gasteiger partial charge on any atom is 0.321 e. The van der Waals surface area contributed by atoms with Crippen LogP contribution in [0.25, 0.3) is 0 Å². The Morgan fingerprint density at radius 2 is 1.92 bits per heavy atom. The number of carbonyl (C=O) groups excluding carboxylic acids is 2. The Hall–Kier alpha value is -2.05. The monoisotopic (exact) mass is 379 g/mol. The summed E-state index contributed by atoms with van der Waals surface area (Å²) in [5.41, 5.74) is 1.19. The van der Waals surface area contributed by atoms with Gasteiger partial charge in [0.15, 0.2) is 0 Å². The first-order valence-corrected chi connectivity index (χ1v) is 9.21. The van der Waals surface area contributed by atoms with Crippen molar-refractivity contribution in [1.29, 1.82) is 0 Å². The van der Waals surface area contributed by atoms with Gasteiger partial charge < -0.3 is 10.1 Å². The minimum absolute atomic E-state index is 0.103. The van der Waals surface area contributed by atoms with E-state index in [2.05, 4.69) is 22.1 Å². The Balaban J connectivity index is 1.75. The van der Waals surface area contributed by atoms with Crippen molar-refractivity contribution in [2.45, 2.75) is 26.3 Å². The Bertz CT molecular complexity index is 625. The highest BCUT2D eigenvalue weighted by atomic mass is 35.5. The fourth-order valence-electron chi connectivity index (χ4n) is 2.88. The van der Waals surface area contributed by atoms with E-state index in [1.54, 1.807) is 0 Å². The molecule has 1 fully saturated rings. The summed E-state index contributed by atoms with van der Waals surface area (Å²) >= 11 is 5.69. The van der Waals surface area contributed by atoms with Crippen LogP contribution < -0.4 is 15.4 Å². The lowest BCUT2D eigenvalue weighted by atomic mass is 9.95. The molecule has 6 nitrogen and oxygen atoms in total. The van der Waals surface area contributed by atoms with E-state index >= 15 is 0 Å². The lowest BCUT2D eigenvalue weighted by Crippen LogP contribution is -2.45. The van der Waals surface area contributed by atoms with E-state index < -0.39 is 6.03 Å². The molecule has 1 aromatic rings. The number of amides is 3. The summed E-state index contributed by atoms with van der Waals surface area (Å²) in [6.45, 7) is 8.70. The Labute approximate surface area is 159 Å². The summed E-state index contributed by atoms with van der Waals surface area (Å²) in [6.07, 6.45) is 1.51. The Morgan fingerprint density at radius 3 is 2.50 bits per heavy atom. The second-order valence-electron chi connectivity index (χ2n) is 6.35. The molecule has 1 aliphatic heterocycles. The molecule has 1 aliphatic rings. The fraction of sp³-hybridized carbons (Fsp3) is 0.474. The van der Waals surface area contributed by atoms with Crippen LogP contribution in [0.2, 0.25) is 0 Å². The molecule has 1 saturated heterocycles. The number of ether oxygens (including phenoxy) is 1. The zero-order chi connectivity index (χ0) is 18.9. The highest BCUT2D eigenvalue weighted by Crippen LogP contribution is 2.20. The van der Waals surface area contributed by atoms with Crippen molar-refractivity contribution < 1.29 is 14.3 Å². The quantitative estimate of drug-likeness (QED) is 0.764. The van der Waals surface area contributed by atoms with Crippen LogP contribution in [0.4, 0.5) is 4.79 Å². The summed E-state index contributed by atoms with van der Waals surface area (Å²) in [5, 5.41) is 5.44. The molecule has 2 rings (SSSR count). The number of hydrogen-bond donors (Lipinski definition) is 2. The van der Waals surface area contributed by atoms with Crippen LogP contribution in [0.15, 0.2) is 35.9 Å². The van der Waals surface area contributed by atoms with Crippen LogP contribution in [0.1, 0.15) is 25.3 Å². The fourth-order valence-corrected chi connectivity index (χ4v) is 2.94. The van der Waals surface area contributed by atoms with E-state index in [1.165, 1.54) is 5.56 Å². The summed E-state index contributed by atoms with van der Waals surface area (Å²) in [6, 6.07) is 7.48. The van der Waals surface area contributed by atoms with E-state index in [1.807, 2.05) is 31.2 Å². The average Bonchev–Trinajstić information content (AvgIpc) is 2.62. The minimum Gasteiger partial charge on any atom is -0.488 e. The van der Waals surface area contributed by atoms with Gasteiger partial charge in [-0.25, -0.2) is 4.79 Å². The van der Waals surface area contributed by atoms with E-state index in [0.29, 0.717) is 18.2 Å². The van der Waals surface area contributed by atoms with E-state index in [9.17, 15) is 9.59 Å². The molecule has 1 heterocycles. The van der Waals surface area contributed by atoms with Crippen molar-refractivity contribution in [3.8, 4) is 5.75 Å². The SMILES string of the molecule is C=C(Cl)COc1ccc(CN2CCC(C(=O)NC(=O)NCC)CC2)cc1. The normalized spacial score (nSPS) is 15.3. The van der Waals surface area contributed by atoms with Gasteiger partial charge in [0, 0.05) is 24.0 Å². The smallest absolute Gasteiger partial charge is 0.321 e. The summed E-state index contributed by atoms with van der Waals surface area (Å²) in [7, 11) is 0. The molecule has 0 aliphatic carbocycles. The first-order valence-electron chi connectivity index (χ1n) is 8.84. The number of benzene rings is 1. The largest absolute Gasteiger partial charge is 0.488 e. The number of likely N-dealkylation sites (tertiary alicyclic amines) is 1. The number of imide groups is 1. The first-order chi connectivity index (χ1) is 12.5. The van der Waals surface area contributed by atoms with Gasteiger partial charge in [0.25, 0.3) is 0 Å². The van der Waals surface area contributed by atoms with Crippen molar-refractivity contribution in [3.63, 3.8) is 0 Å². The number of rotatable bonds is 7. The van der Waals surface area contributed by atoms with E-state index in [-0.39, 0.29) is 11.8 Å². The third kappa shape index (κ3) is 6.69. The summed E-state index contributed by atoms with van der Waals surface area (Å²) in [5.74, 6) is 0.475. The second kappa shape index (κ2) is 10.2. The zero-order valence-electron chi connectivity index (χ0n) is 15.1. The highest BCUT2D eigenvalue weighted by molar-refractivity contribution is 6.29. The highest BCUT2D eigenvalue weighted by Gasteiger charge is 2.25. The van der Waals surface area contributed by atoms with Crippen molar-refractivity contribution in [1.82, 2.24) is 15.5 Å². The first kappa shape index (κ1) is 20.3. The lowest BCUT2D eigenvalue weighted by molar-refractivity contribution is -0.125. The van der Waals surface area contributed by atoms with Crippen LogP contribution in [-0.4, -0.2) is 43.1 Å². The van der Waals surface area contributed by atoms with Gasteiger partial charge in [-0.1, -0.05) is 30.3 Å². The number of nitrogens with zero attached hydrogens (tertiary/aromatic N) is 1. The molecule has 7 heteroatoms. The lowest BCUT2D eigenvalue weighted by Gasteiger charge is -2.31. The van der Waals surface area contributed by atoms with Crippen molar-refractivity contribution in [2.75, 3.05) is 26.2 Å². The molecule has 0 unspecified atom stereocenters. The van der Waals surface area contributed by atoms with Crippen molar-refractivity contribution in [2.24, 2.45) is 5.92 Å². The Morgan fingerprint density at radius 1 is 1.27 bits per heavy atom. The van der Waals surface area contributed by atoms with Crippen LogP contribution in [0, 0.1) is 5.92 Å². The molecule has 3 amide bonds. The Kier molecular flexibility index (Phi) is 7.94. The number of halogens is 1. The molecule has 0 atom stereocenters. The molecule has 0 spiro atoms. The summed E-state index contributed by atoms with van der Waals surface area (Å²) < 4.78 is 5.48. The molecular weight excluding hydrogens is 354 g/mol. The average molecular weight is 380 g/mol. The van der Waals surface area contributed by atoms with Gasteiger partial charge >= 0.3 is 6.03 Å². The van der Waals surface area contributed by atoms with Gasteiger partial charge in [0.05, 0.1) is 0 Å². The molecule has 1 aromatic carbocycles. The van der Waals surface area contributed by atoms with Crippen LogP contribution in [0.5, 0.6) is 5.75 Å². The topological polar surface area (TPSA) is 70.7 Å². The molecule has 2 N–H and O–H groups in total. The predicted molar refractivity (Wildman–Crippen MR) is 102 cm³/mol. The van der Waals surface area contributed by atoms with Gasteiger partial charge in [-0.05, 0) is 50.6 Å². The molecule has 0 radical (unpaired) electrons. The maximum atomic E-state index is 12.1. The van der Waals surface area contributed by atoms with Crippen LogP contribution in [0.3, 0.4) is 0 Å². The van der Waals surface area contributed by atoms with Gasteiger partial charge in [-0.2, -0.15) is 0 Å². The number of piperidine rings is 1. The molecule has 0 aromatic heterocycles. The van der Waals surface area contributed by atoms with Gasteiger partial charge in [0.1, 0.15) is 12.4 Å². The number of nitrogens with one attached hydrogen (secondary N) is 2. The number of hydrogen-bond acceptors (Lipinski definition) is 4. The van der Waals surface area contributed by atoms with Gasteiger partial charge in [0.2, 0.25) is 5.91 Å². The second-order valence-corrected chi connectivity index (χ2v) is 6.88. The van der Waals surface area contributed by atoms with Gasteiger partial charge in [-0.3, -0.25) is 15.0 Å². The maximum absolute atomic E-state index is 12.1. The van der Waals surface area contributed by atoms with Crippen LogP contribution >= 0.6 is 11.6 Å². The van der Waals surface area contributed by atoms with Crippen LogP contribution in [-0.2, 0) is 11.3 Å². The zero-order valence-corrected chi connectivity index (χ0v) is 15.8. The van der Waals surface area contributed by atoms with Crippen molar-refractivity contribution in [3.05, 3.63) is 41.4 Å². The number of carbonyl (C=O) groups is 2. The van der Waals surface area contributed by atoms with E-state index in [0.717, 1.165) is 38.2 Å². The minimum atomic E-state index is -0.417. The molecular formula is C19H26ClN3O3. The molecule has 0 bridgehead atoms. The third-order valence-corrected chi connectivity index (χ3v) is 4.37. The van der Waals surface area contributed by atoms with E-state index in [4.69, 9.17) is 16.3 Å². The molecule has 0 saturated carbocycles. The predicted octanol–water partition coefficient (Wildman–Crippen LogP) is 2.88. The third-order valence-electron chi connectivity index (χ3n) is 4.26. The van der Waals surface area contributed by atoms with Gasteiger partial charge in [-0.15, -0.1) is 0 Å². The summed E-state index contributed by atoms with van der Waals surface area (Å²) in [4.78, 5) is 25.8.